The first-order valence-electron chi connectivity index (χ1n) is 8.47. The molecule has 0 bridgehead atoms. The summed E-state index contributed by atoms with van der Waals surface area (Å²) in [6.45, 7) is 2.59. The molecule has 3 heterocycles. The Morgan fingerprint density at radius 1 is 1.36 bits per heavy atom. The van der Waals surface area contributed by atoms with E-state index in [9.17, 15) is 14.0 Å². The van der Waals surface area contributed by atoms with Gasteiger partial charge in [0.05, 0.1) is 17.2 Å². The van der Waals surface area contributed by atoms with Gasteiger partial charge in [-0.3, -0.25) is 9.59 Å². The number of anilines is 1. The topological polar surface area (TPSA) is 65.5 Å². The highest BCUT2D eigenvalue weighted by molar-refractivity contribution is 7.22. The molecule has 2 aliphatic heterocycles. The van der Waals surface area contributed by atoms with Crippen molar-refractivity contribution in [2.75, 3.05) is 37.6 Å². The van der Waals surface area contributed by atoms with E-state index in [4.69, 9.17) is 0 Å². The van der Waals surface area contributed by atoms with Crippen molar-refractivity contribution in [3.63, 3.8) is 0 Å². The van der Waals surface area contributed by atoms with E-state index in [1.54, 1.807) is 11.0 Å². The number of aromatic nitrogens is 1. The molecule has 0 aliphatic carbocycles. The number of nitrogens with zero attached hydrogens (tertiary/aromatic N) is 3. The fraction of sp³-hybridized carbons (Fsp3) is 0.471. The van der Waals surface area contributed by atoms with Gasteiger partial charge < -0.3 is 15.1 Å². The Morgan fingerprint density at radius 3 is 3.04 bits per heavy atom. The Balaban J connectivity index is 1.51. The monoisotopic (exact) mass is 362 g/mol. The van der Waals surface area contributed by atoms with Gasteiger partial charge in [-0.1, -0.05) is 17.4 Å². The van der Waals surface area contributed by atoms with Crippen molar-refractivity contribution in [3.8, 4) is 0 Å². The number of amides is 2. The van der Waals surface area contributed by atoms with E-state index in [0.29, 0.717) is 25.2 Å². The van der Waals surface area contributed by atoms with Crippen LogP contribution in [0.15, 0.2) is 18.2 Å². The largest absolute Gasteiger partial charge is 0.353 e. The fourth-order valence-electron chi connectivity index (χ4n) is 3.48. The molecule has 0 spiro atoms. The van der Waals surface area contributed by atoms with Crippen LogP contribution < -0.4 is 10.2 Å². The zero-order chi connectivity index (χ0) is 17.4. The van der Waals surface area contributed by atoms with E-state index < -0.39 is 0 Å². The zero-order valence-electron chi connectivity index (χ0n) is 13.7. The van der Waals surface area contributed by atoms with Gasteiger partial charge in [0.15, 0.2) is 5.13 Å². The van der Waals surface area contributed by atoms with Crippen molar-refractivity contribution in [2.45, 2.75) is 12.8 Å². The van der Waals surface area contributed by atoms with Gasteiger partial charge >= 0.3 is 0 Å². The number of hydrogen-bond donors (Lipinski definition) is 1. The molecule has 25 heavy (non-hydrogen) atoms. The fourth-order valence-corrected chi connectivity index (χ4v) is 4.49. The van der Waals surface area contributed by atoms with E-state index in [-0.39, 0.29) is 30.1 Å². The Bertz CT molecular complexity index is 824. The van der Waals surface area contributed by atoms with Crippen molar-refractivity contribution < 1.29 is 14.0 Å². The number of para-hydroxylation sites is 1. The normalized spacial score (nSPS) is 21.5. The summed E-state index contributed by atoms with van der Waals surface area (Å²) in [6.07, 6.45) is 1.70. The highest BCUT2D eigenvalue weighted by atomic mass is 32.1. The minimum absolute atomic E-state index is 0.0341. The summed E-state index contributed by atoms with van der Waals surface area (Å²) in [6, 6.07) is 4.96. The number of rotatable bonds is 2. The van der Waals surface area contributed by atoms with Crippen molar-refractivity contribution in [1.82, 2.24) is 15.2 Å². The van der Waals surface area contributed by atoms with Crippen LogP contribution >= 0.6 is 11.3 Å². The van der Waals surface area contributed by atoms with Crippen molar-refractivity contribution in [1.29, 1.82) is 0 Å². The number of fused-ring (bicyclic) bond motifs is 1. The number of carbonyl (C=O) groups excluding carboxylic acids is 2. The predicted octanol–water partition coefficient (Wildman–Crippen LogP) is 1.61. The first kappa shape index (κ1) is 16.3. The van der Waals surface area contributed by atoms with E-state index in [1.807, 2.05) is 6.07 Å². The number of benzene rings is 1. The molecule has 1 aromatic carbocycles. The summed E-state index contributed by atoms with van der Waals surface area (Å²) in [5.41, 5.74) is 0.392. The molecule has 8 heteroatoms. The number of nitrogens with one attached hydrogen (secondary N) is 1. The lowest BCUT2D eigenvalue weighted by Crippen LogP contribution is -2.53. The quantitative estimate of drug-likeness (QED) is 0.882. The molecular formula is C17H19FN4O2S. The number of hydrogen-bond acceptors (Lipinski definition) is 5. The molecule has 2 aromatic rings. The first-order valence-corrected chi connectivity index (χ1v) is 9.29. The van der Waals surface area contributed by atoms with Crippen LogP contribution in [0.2, 0.25) is 0 Å². The Hall–Kier alpha value is -2.22. The molecular weight excluding hydrogens is 343 g/mol. The summed E-state index contributed by atoms with van der Waals surface area (Å²) >= 11 is 1.45. The number of piperazine rings is 1. The van der Waals surface area contributed by atoms with E-state index >= 15 is 0 Å². The molecule has 1 unspecified atom stereocenters. The molecule has 1 atom stereocenters. The average Bonchev–Trinajstić information content (AvgIpc) is 3.07. The van der Waals surface area contributed by atoms with Crippen LogP contribution in [0, 0.1) is 11.7 Å². The van der Waals surface area contributed by atoms with Crippen LogP contribution in [0.5, 0.6) is 0 Å². The number of carbonyl (C=O) groups is 2. The highest BCUT2D eigenvalue weighted by Crippen LogP contribution is 2.33. The molecule has 1 N–H and O–H groups in total. The summed E-state index contributed by atoms with van der Waals surface area (Å²) in [7, 11) is 0. The van der Waals surface area contributed by atoms with Crippen LogP contribution in [-0.2, 0) is 9.59 Å². The Kier molecular flexibility index (Phi) is 4.29. The van der Waals surface area contributed by atoms with E-state index in [0.717, 1.165) is 29.2 Å². The minimum Gasteiger partial charge on any atom is -0.353 e. The van der Waals surface area contributed by atoms with Gasteiger partial charge in [0.1, 0.15) is 11.3 Å². The number of thiazole rings is 1. The van der Waals surface area contributed by atoms with Crippen LogP contribution in [0.3, 0.4) is 0 Å². The number of halogens is 1. The van der Waals surface area contributed by atoms with Gasteiger partial charge in [-0.15, -0.1) is 0 Å². The predicted molar refractivity (Wildman–Crippen MR) is 94.1 cm³/mol. The average molecular weight is 362 g/mol. The summed E-state index contributed by atoms with van der Waals surface area (Å²) in [5, 5.41) is 3.50. The smallest absolute Gasteiger partial charge is 0.239 e. The van der Waals surface area contributed by atoms with Gasteiger partial charge in [0.2, 0.25) is 11.8 Å². The van der Waals surface area contributed by atoms with Gasteiger partial charge in [0.25, 0.3) is 0 Å². The lowest BCUT2D eigenvalue weighted by molar-refractivity contribution is -0.141. The molecule has 1 aromatic heterocycles. The molecule has 132 valence electrons. The maximum absolute atomic E-state index is 13.9. The molecule has 2 fully saturated rings. The standard InChI is InChI=1S/C17H19FN4O2S/c18-12-4-1-5-13-15(12)20-17(25-13)22-7-2-3-11(9-22)16(24)21-8-6-19-14(23)10-21/h1,4-5,11H,2-3,6-10H2,(H,19,23). The van der Waals surface area contributed by atoms with Crippen molar-refractivity contribution in [2.24, 2.45) is 5.92 Å². The first-order chi connectivity index (χ1) is 12.1. The second-order valence-electron chi connectivity index (χ2n) is 6.48. The molecule has 2 aliphatic rings. The van der Waals surface area contributed by atoms with Crippen molar-refractivity contribution >= 4 is 38.5 Å². The summed E-state index contributed by atoms with van der Waals surface area (Å²) < 4.78 is 14.7. The second-order valence-corrected chi connectivity index (χ2v) is 7.49. The highest BCUT2D eigenvalue weighted by Gasteiger charge is 2.32. The molecule has 2 amide bonds. The Morgan fingerprint density at radius 2 is 2.24 bits per heavy atom. The van der Waals surface area contributed by atoms with Crippen LogP contribution in [0.25, 0.3) is 10.2 Å². The lowest BCUT2D eigenvalue weighted by Gasteiger charge is -2.35. The molecule has 6 nitrogen and oxygen atoms in total. The third-order valence-corrected chi connectivity index (χ3v) is 5.83. The van der Waals surface area contributed by atoms with Crippen LogP contribution in [-0.4, -0.2) is 54.4 Å². The van der Waals surface area contributed by atoms with Gasteiger partial charge in [-0.05, 0) is 25.0 Å². The van der Waals surface area contributed by atoms with Crippen LogP contribution in [0.4, 0.5) is 9.52 Å². The maximum atomic E-state index is 13.9. The Labute approximate surface area is 148 Å². The number of piperidine rings is 1. The van der Waals surface area contributed by atoms with Crippen molar-refractivity contribution in [3.05, 3.63) is 24.0 Å². The zero-order valence-corrected chi connectivity index (χ0v) is 14.5. The minimum atomic E-state index is -0.316. The van der Waals surface area contributed by atoms with Gasteiger partial charge in [-0.2, -0.15) is 0 Å². The van der Waals surface area contributed by atoms with E-state index in [1.165, 1.54) is 17.4 Å². The van der Waals surface area contributed by atoms with Crippen LogP contribution in [0.1, 0.15) is 12.8 Å². The molecule has 0 saturated carbocycles. The third-order valence-electron chi connectivity index (χ3n) is 4.75. The second kappa shape index (κ2) is 6.59. The van der Waals surface area contributed by atoms with Gasteiger partial charge in [0, 0.05) is 26.2 Å². The molecule has 0 radical (unpaired) electrons. The molecule has 2 saturated heterocycles. The van der Waals surface area contributed by atoms with Gasteiger partial charge in [-0.25, -0.2) is 9.37 Å². The molecule has 4 rings (SSSR count). The van der Waals surface area contributed by atoms with E-state index in [2.05, 4.69) is 15.2 Å². The summed E-state index contributed by atoms with van der Waals surface area (Å²) in [5.74, 6) is -0.527. The maximum Gasteiger partial charge on any atom is 0.239 e. The summed E-state index contributed by atoms with van der Waals surface area (Å²) in [4.78, 5) is 32.4. The third kappa shape index (κ3) is 3.18. The SMILES string of the molecule is O=C1CN(C(=O)C2CCCN(c3nc4c(F)cccc4s3)C2)CCN1. The lowest BCUT2D eigenvalue weighted by atomic mass is 9.96.